The summed E-state index contributed by atoms with van der Waals surface area (Å²) in [6.07, 6.45) is 2.70. The lowest BCUT2D eigenvalue weighted by Gasteiger charge is -2.14. The molecule has 18 heavy (non-hydrogen) atoms. The number of hydrogen-bond acceptors (Lipinski definition) is 4. The van der Waals surface area contributed by atoms with Gasteiger partial charge in [0.25, 0.3) is 0 Å². The fourth-order valence-electron chi connectivity index (χ4n) is 1.71. The molecule has 0 fully saturated rings. The first-order valence-corrected chi connectivity index (χ1v) is 6.96. The molecule has 0 spiro atoms. The van der Waals surface area contributed by atoms with Crippen LogP contribution in [0.15, 0.2) is 35.8 Å². The summed E-state index contributed by atoms with van der Waals surface area (Å²) in [4.78, 5) is 5.65. The van der Waals surface area contributed by atoms with E-state index in [4.69, 9.17) is 4.74 Å². The largest absolute Gasteiger partial charge is 0.477 e. The summed E-state index contributed by atoms with van der Waals surface area (Å²) >= 11 is 1.76. The van der Waals surface area contributed by atoms with E-state index in [9.17, 15) is 0 Å². The lowest BCUT2D eigenvalue weighted by molar-refractivity contribution is 0.304. The fraction of sp³-hybridized carbons (Fsp3) is 0.357. The van der Waals surface area contributed by atoms with E-state index in [1.54, 1.807) is 17.5 Å². The molecule has 0 aliphatic carbocycles. The summed E-state index contributed by atoms with van der Waals surface area (Å²) in [6.45, 7) is 2.77. The Morgan fingerprint density at radius 3 is 3.00 bits per heavy atom. The van der Waals surface area contributed by atoms with Gasteiger partial charge in [-0.25, -0.2) is 4.98 Å². The second-order valence-corrected chi connectivity index (χ2v) is 5.12. The first-order chi connectivity index (χ1) is 8.81. The average Bonchev–Trinajstić information content (AvgIpc) is 2.92. The number of ether oxygens (including phenoxy) is 1. The van der Waals surface area contributed by atoms with Gasteiger partial charge in [0.2, 0.25) is 5.88 Å². The first-order valence-electron chi connectivity index (χ1n) is 6.08. The lowest BCUT2D eigenvalue weighted by atomic mass is 10.1. The van der Waals surface area contributed by atoms with Crippen molar-refractivity contribution in [3.05, 3.63) is 46.3 Å². The Bertz CT molecular complexity index is 470. The monoisotopic (exact) mass is 262 g/mol. The Morgan fingerprint density at radius 1 is 1.39 bits per heavy atom. The van der Waals surface area contributed by atoms with Gasteiger partial charge in [0, 0.05) is 29.1 Å². The second-order valence-electron chi connectivity index (χ2n) is 4.09. The molecule has 4 heteroatoms. The minimum Gasteiger partial charge on any atom is -0.477 e. The Hall–Kier alpha value is -1.39. The minimum atomic E-state index is 0.246. The van der Waals surface area contributed by atoms with Crippen molar-refractivity contribution in [2.75, 3.05) is 13.7 Å². The Morgan fingerprint density at radius 2 is 2.28 bits per heavy atom. The molecule has 0 amide bonds. The predicted octanol–water partition coefficient (Wildman–Crippen LogP) is 3.05. The van der Waals surface area contributed by atoms with Crippen LogP contribution in [0.5, 0.6) is 5.88 Å². The highest BCUT2D eigenvalue weighted by Gasteiger charge is 2.10. The minimum absolute atomic E-state index is 0.246. The summed E-state index contributed by atoms with van der Waals surface area (Å²) < 4.78 is 5.79. The molecular formula is C14H18N2OS. The topological polar surface area (TPSA) is 34.2 Å². The van der Waals surface area contributed by atoms with Crippen molar-refractivity contribution in [2.45, 2.75) is 19.4 Å². The zero-order chi connectivity index (χ0) is 12.8. The molecule has 1 atom stereocenters. The first kappa shape index (κ1) is 13.1. The van der Waals surface area contributed by atoms with Gasteiger partial charge in [-0.05, 0) is 31.5 Å². The van der Waals surface area contributed by atoms with E-state index in [-0.39, 0.29) is 6.04 Å². The third-order valence-corrected chi connectivity index (χ3v) is 3.80. The predicted molar refractivity (Wildman–Crippen MR) is 75.2 cm³/mol. The standard InChI is InChI=1S/C14H18N2OS/c1-11(15-2)13-6-3-8-16-14(13)17-9-7-12-5-4-10-18-12/h3-6,8,10-11,15H,7,9H2,1-2H3. The summed E-state index contributed by atoms with van der Waals surface area (Å²) in [5, 5.41) is 5.30. The van der Waals surface area contributed by atoms with Crippen molar-refractivity contribution in [2.24, 2.45) is 0 Å². The van der Waals surface area contributed by atoms with Crippen LogP contribution in [0, 0.1) is 0 Å². The third kappa shape index (κ3) is 3.31. The van der Waals surface area contributed by atoms with E-state index in [1.165, 1.54) is 4.88 Å². The van der Waals surface area contributed by atoms with Crippen LogP contribution in [-0.2, 0) is 6.42 Å². The molecule has 2 aromatic rings. The molecule has 0 aromatic carbocycles. The van der Waals surface area contributed by atoms with Crippen LogP contribution in [-0.4, -0.2) is 18.6 Å². The van der Waals surface area contributed by atoms with Crippen LogP contribution in [0.4, 0.5) is 0 Å². The van der Waals surface area contributed by atoms with Crippen molar-refractivity contribution in [3.63, 3.8) is 0 Å². The van der Waals surface area contributed by atoms with E-state index in [2.05, 4.69) is 40.8 Å². The highest BCUT2D eigenvalue weighted by molar-refractivity contribution is 7.09. The van der Waals surface area contributed by atoms with Gasteiger partial charge in [0.15, 0.2) is 0 Å². The molecule has 96 valence electrons. The quantitative estimate of drug-likeness (QED) is 0.869. The lowest BCUT2D eigenvalue weighted by Crippen LogP contribution is -2.15. The highest BCUT2D eigenvalue weighted by atomic mass is 32.1. The highest BCUT2D eigenvalue weighted by Crippen LogP contribution is 2.22. The van der Waals surface area contributed by atoms with Gasteiger partial charge in [0.05, 0.1) is 6.61 Å². The van der Waals surface area contributed by atoms with Crippen molar-refractivity contribution in [3.8, 4) is 5.88 Å². The molecule has 1 N–H and O–H groups in total. The molecule has 0 aliphatic rings. The maximum atomic E-state index is 5.79. The van der Waals surface area contributed by atoms with Crippen LogP contribution in [0.2, 0.25) is 0 Å². The molecule has 0 saturated carbocycles. The summed E-state index contributed by atoms with van der Waals surface area (Å²) in [6, 6.07) is 8.43. The smallest absolute Gasteiger partial charge is 0.218 e. The number of rotatable bonds is 6. The van der Waals surface area contributed by atoms with Gasteiger partial charge < -0.3 is 10.1 Å². The van der Waals surface area contributed by atoms with Gasteiger partial charge in [-0.1, -0.05) is 12.1 Å². The summed E-state index contributed by atoms with van der Waals surface area (Å²) in [5.74, 6) is 0.732. The van der Waals surface area contributed by atoms with Gasteiger partial charge in [-0.2, -0.15) is 0 Å². The Labute approximate surface area is 112 Å². The van der Waals surface area contributed by atoms with Gasteiger partial charge in [-0.15, -0.1) is 11.3 Å². The Balaban J connectivity index is 1.96. The van der Waals surface area contributed by atoms with E-state index < -0.39 is 0 Å². The number of hydrogen-bond donors (Lipinski definition) is 1. The number of nitrogens with one attached hydrogen (secondary N) is 1. The summed E-state index contributed by atoms with van der Waals surface area (Å²) in [5.41, 5.74) is 1.10. The molecular weight excluding hydrogens is 244 g/mol. The molecule has 2 aromatic heterocycles. The zero-order valence-corrected chi connectivity index (χ0v) is 11.5. The van der Waals surface area contributed by atoms with Crippen molar-refractivity contribution in [1.29, 1.82) is 0 Å². The molecule has 3 nitrogen and oxygen atoms in total. The molecule has 0 saturated heterocycles. The van der Waals surface area contributed by atoms with Crippen LogP contribution in [0.3, 0.4) is 0 Å². The fourth-order valence-corrected chi connectivity index (χ4v) is 2.40. The second kappa shape index (κ2) is 6.52. The number of pyridine rings is 1. The SMILES string of the molecule is CNC(C)c1cccnc1OCCc1cccs1. The molecule has 0 aliphatic heterocycles. The molecule has 2 rings (SSSR count). The zero-order valence-electron chi connectivity index (χ0n) is 10.7. The average molecular weight is 262 g/mol. The van der Waals surface area contributed by atoms with Gasteiger partial charge in [0.1, 0.15) is 0 Å². The van der Waals surface area contributed by atoms with E-state index >= 15 is 0 Å². The van der Waals surface area contributed by atoms with Crippen LogP contribution in [0.1, 0.15) is 23.4 Å². The van der Waals surface area contributed by atoms with Crippen LogP contribution in [0.25, 0.3) is 0 Å². The van der Waals surface area contributed by atoms with E-state index in [0.717, 1.165) is 17.9 Å². The van der Waals surface area contributed by atoms with E-state index in [0.29, 0.717) is 6.61 Å². The molecule has 0 radical (unpaired) electrons. The molecule has 0 bridgehead atoms. The maximum Gasteiger partial charge on any atom is 0.218 e. The Kier molecular flexibility index (Phi) is 4.73. The summed E-state index contributed by atoms with van der Waals surface area (Å²) in [7, 11) is 1.94. The number of aromatic nitrogens is 1. The molecule has 1 unspecified atom stereocenters. The van der Waals surface area contributed by atoms with E-state index in [1.807, 2.05) is 13.1 Å². The van der Waals surface area contributed by atoms with Crippen molar-refractivity contribution in [1.82, 2.24) is 10.3 Å². The van der Waals surface area contributed by atoms with Crippen molar-refractivity contribution >= 4 is 11.3 Å². The van der Waals surface area contributed by atoms with Crippen LogP contribution >= 0.6 is 11.3 Å². The molecule has 2 heterocycles. The number of nitrogens with zero attached hydrogens (tertiary/aromatic N) is 1. The number of thiophene rings is 1. The maximum absolute atomic E-state index is 5.79. The third-order valence-electron chi connectivity index (χ3n) is 2.87. The normalized spacial score (nSPS) is 12.3. The van der Waals surface area contributed by atoms with Crippen LogP contribution < -0.4 is 10.1 Å². The van der Waals surface area contributed by atoms with Gasteiger partial charge >= 0.3 is 0 Å². The van der Waals surface area contributed by atoms with Crippen molar-refractivity contribution < 1.29 is 4.74 Å². The van der Waals surface area contributed by atoms with Gasteiger partial charge in [-0.3, -0.25) is 0 Å².